The number of benzene rings is 10. The van der Waals surface area contributed by atoms with E-state index >= 15 is 0 Å². The van der Waals surface area contributed by atoms with Crippen molar-refractivity contribution < 1.29 is 0 Å². The Labute approximate surface area is 336 Å². The van der Waals surface area contributed by atoms with Gasteiger partial charge in [0, 0.05) is 16.7 Å². The third-order valence-electron chi connectivity index (χ3n) is 11.4. The van der Waals surface area contributed by atoms with E-state index in [2.05, 4.69) is 212 Å². The van der Waals surface area contributed by atoms with E-state index in [1.165, 1.54) is 54.6 Å². The van der Waals surface area contributed by atoms with Crippen molar-refractivity contribution >= 4 is 43.1 Å². The van der Waals surface area contributed by atoms with Crippen LogP contribution < -0.4 is 0 Å². The summed E-state index contributed by atoms with van der Waals surface area (Å²) in [5.41, 5.74) is 9.90. The molecule has 1 heterocycles. The van der Waals surface area contributed by atoms with Crippen LogP contribution in [0.25, 0.3) is 111 Å². The predicted octanol–water partition coefficient (Wildman–Crippen LogP) is 14.5. The summed E-state index contributed by atoms with van der Waals surface area (Å²) in [5.74, 6) is 1.89. The van der Waals surface area contributed by atoms with E-state index in [1.54, 1.807) is 0 Å². The summed E-state index contributed by atoms with van der Waals surface area (Å²) in [6, 6.07) is 75.3. The summed E-state index contributed by atoms with van der Waals surface area (Å²) < 4.78 is 0. The van der Waals surface area contributed by atoms with Gasteiger partial charge in [-0.05, 0) is 82.5 Å². The summed E-state index contributed by atoms with van der Waals surface area (Å²) >= 11 is 0. The first-order chi connectivity index (χ1) is 28.7. The molecule has 0 amide bonds. The number of hydrogen-bond acceptors (Lipinski definition) is 3. The van der Waals surface area contributed by atoms with Gasteiger partial charge < -0.3 is 0 Å². The third-order valence-corrected chi connectivity index (χ3v) is 11.4. The van der Waals surface area contributed by atoms with Crippen LogP contribution in [-0.2, 0) is 0 Å². The van der Waals surface area contributed by atoms with Crippen LogP contribution in [0.3, 0.4) is 0 Å². The van der Waals surface area contributed by atoms with Crippen molar-refractivity contribution in [2.45, 2.75) is 0 Å². The van der Waals surface area contributed by atoms with Crippen LogP contribution in [0.4, 0.5) is 0 Å². The Kier molecular flexibility index (Phi) is 8.15. The summed E-state index contributed by atoms with van der Waals surface area (Å²) in [5, 5.41) is 9.60. The molecule has 1 aromatic heterocycles. The first kappa shape index (κ1) is 33.6. The fourth-order valence-corrected chi connectivity index (χ4v) is 8.50. The molecule has 0 aliphatic heterocycles. The zero-order valence-electron chi connectivity index (χ0n) is 31.5. The van der Waals surface area contributed by atoms with Gasteiger partial charge in [0.2, 0.25) is 0 Å². The third kappa shape index (κ3) is 5.89. The number of fused-ring (bicyclic) bond motifs is 4. The number of aromatic nitrogens is 3. The molecule has 0 unspecified atom stereocenters. The van der Waals surface area contributed by atoms with Crippen LogP contribution in [0.2, 0.25) is 0 Å². The van der Waals surface area contributed by atoms with Gasteiger partial charge in [0.15, 0.2) is 17.5 Å². The van der Waals surface area contributed by atoms with Gasteiger partial charge in [-0.2, -0.15) is 0 Å². The Morgan fingerprint density at radius 1 is 0.190 bits per heavy atom. The van der Waals surface area contributed by atoms with Crippen LogP contribution >= 0.6 is 0 Å². The highest BCUT2D eigenvalue weighted by Gasteiger charge is 2.17. The Hall–Kier alpha value is -7.75. The lowest BCUT2D eigenvalue weighted by molar-refractivity contribution is 1.08. The highest BCUT2D eigenvalue weighted by Crippen LogP contribution is 2.39. The lowest BCUT2D eigenvalue weighted by Crippen LogP contribution is -2.01. The maximum Gasteiger partial charge on any atom is 0.164 e. The van der Waals surface area contributed by atoms with Gasteiger partial charge in [-0.25, -0.2) is 15.0 Å². The fourth-order valence-electron chi connectivity index (χ4n) is 8.50. The summed E-state index contributed by atoms with van der Waals surface area (Å²) in [7, 11) is 0. The zero-order valence-corrected chi connectivity index (χ0v) is 31.5. The molecule has 270 valence electrons. The normalized spacial score (nSPS) is 11.4. The van der Waals surface area contributed by atoms with Crippen molar-refractivity contribution in [2.75, 3.05) is 0 Å². The Balaban J connectivity index is 1.06. The molecule has 0 fully saturated rings. The van der Waals surface area contributed by atoms with Crippen LogP contribution in [0.15, 0.2) is 212 Å². The molecule has 0 aliphatic carbocycles. The molecule has 58 heavy (non-hydrogen) atoms. The van der Waals surface area contributed by atoms with Crippen molar-refractivity contribution in [1.82, 2.24) is 15.0 Å². The summed E-state index contributed by atoms with van der Waals surface area (Å²) in [4.78, 5) is 15.6. The van der Waals surface area contributed by atoms with E-state index < -0.39 is 0 Å². The van der Waals surface area contributed by atoms with E-state index in [4.69, 9.17) is 15.0 Å². The van der Waals surface area contributed by atoms with E-state index in [0.29, 0.717) is 17.5 Å². The largest absolute Gasteiger partial charge is 0.208 e. The molecular formula is C55H35N3. The molecule has 10 aromatic carbocycles. The minimum absolute atomic E-state index is 0.629. The molecule has 0 atom stereocenters. The molecule has 11 aromatic rings. The Morgan fingerprint density at radius 3 is 0.983 bits per heavy atom. The number of nitrogens with zero attached hydrogens (tertiary/aromatic N) is 3. The SMILES string of the molecule is c1ccc2c(-c3ccc(-c4nc(-c5ccc(-c6cccc7ccccc67)cc5)nc(-c5ccc(-c6cccc7ccccc67)c6ccccc56)n4)cc3)cccc2c1. The molecule has 0 bridgehead atoms. The van der Waals surface area contributed by atoms with Crippen molar-refractivity contribution in [3.63, 3.8) is 0 Å². The highest BCUT2D eigenvalue weighted by atomic mass is 15.0. The van der Waals surface area contributed by atoms with E-state index in [-0.39, 0.29) is 0 Å². The smallest absolute Gasteiger partial charge is 0.164 e. The average Bonchev–Trinajstić information content (AvgIpc) is 3.30. The predicted molar refractivity (Wildman–Crippen MR) is 242 cm³/mol. The second kappa shape index (κ2) is 14.1. The fraction of sp³-hybridized carbons (Fsp3) is 0. The minimum Gasteiger partial charge on any atom is -0.208 e. The molecule has 0 aliphatic rings. The molecule has 0 N–H and O–H groups in total. The number of rotatable bonds is 6. The van der Waals surface area contributed by atoms with Gasteiger partial charge in [-0.15, -0.1) is 0 Å². The maximum atomic E-state index is 5.23. The van der Waals surface area contributed by atoms with Gasteiger partial charge in [0.05, 0.1) is 0 Å². The van der Waals surface area contributed by atoms with Crippen molar-refractivity contribution in [1.29, 1.82) is 0 Å². The van der Waals surface area contributed by atoms with E-state index in [1.807, 2.05) is 0 Å². The first-order valence-electron chi connectivity index (χ1n) is 19.7. The Bertz CT molecular complexity index is 3170. The monoisotopic (exact) mass is 737 g/mol. The Morgan fingerprint density at radius 2 is 0.500 bits per heavy atom. The molecule has 11 rings (SSSR count). The van der Waals surface area contributed by atoms with Gasteiger partial charge in [0.25, 0.3) is 0 Å². The molecule has 3 heteroatoms. The van der Waals surface area contributed by atoms with Crippen LogP contribution in [0.1, 0.15) is 0 Å². The van der Waals surface area contributed by atoms with Crippen LogP contribution in [-0.4, -0.2) is 15.0 Å². The maximum absolute atomic E-state index is 5.23. The molecule has 0 saturated heterocycles. The summed E-state index contributed by atoms with van der Waals surface area (Å²) in [6.07, 6.45) is 0. The zero-order chi connectivity index (χ0) is 38.4. The van der Waals surface area contributed by atoms with Crippen molar-refractivity contribution in [3.05, 3.63) is 212 Å². The van der Waals surface area contributed by atoms with Gasteiger partial charge in [-0.1, -0.05) is 206 Å². The molecular weight excluding hydrogens is 703 g/mol. The molecule has 0 spiro atoms. The second-order valence-electron chi connectivity index (χ2n) is 14.7. The van der Waals surface area contributed by atoms with Crippen LogP contribution in [0, 0.1) is 0 Å². The quantitative estimate of drug-likeness (QED) is 0.171. The van der Waals surface area contributed by atoms with Crippen LogP contribution in [0.5, 0.6) is 0 Å². The lowest BCUT2D eigenvalue weighted by Gasteiger charge is -2.14. The summed E-state index contributed by atoms with van der Waals surface area (Å²) in [6.45, 7) is 0. The topological polar surface area (TPSA) is 38.7 Å². The van der Waals surface area contributed by atoms with Gasteiger partial charge >= 0.3 is 0 Å². The average molecular weight is 738 g/mol. The van der Waals surface area contributed by atoms with Crippen molar-refractivity contribution in [2.24, 2.45) is 0 Å². The van der Waals surface area contributed by atoms with Crippen molar-refractivity contribution in [3.8, 4) is 67.5 Å². The second-order valence-corrected chi connectivity index (χ2v) is 14.7. The lowest BCUT2D eigenvalue weighted by atomic mass is 9.92. The van der Waals surface area contributed by atoms with E-state index in [0.717, 1.165) is 38.6 Å². The van der Waals surface area contributed by atoms with E-state index in [9.17, 15) is 0 Å². The molecule has 3 nitrogen and oxygen atoms in total. The standard InChI is InChI=1S/C55H35N3/c1-4-18-43-36(12-1)15-9-23-45(43)39-26-30-41(31-27-39)53-56-54(42-32-28-40(29-33-42)46-24-10-16-37-13-2-5-19-44(37)46)58-55(57-53)52-35-34-51(49-21-7-8-22-50(49)52)48-25-11-17-38-14-3-6-20-47(38)48/h1-35H. The van der Waals surface area contributed by atoms with Gasteiger partial charge in [-0.3, -0.25) is 0 Å². The molecule has 0 radical (unpaired) electrons. The highest BCUT2D eigenvalue weighted by molar-refractivity contribution is 6.09. The number of hydrogen-bond donors (Lipinski definition) is 0. The first-order valence-corrected chi connectivity index (χ1v) is 19.7. The minimum atomic E-state index is 0.629. The van der Waals surface area contributed by atoms with Gasteiger partial charge in [0.1, 0.15) is 0 Å². The molecule has 0 saturated carbocycles.